The maximum absolute atomic E-state index is 12.0. The van der Waals surface area contributed by atoms with E-state index in [2.05, 4.69) is 26.2 Å². The van der Waals surface area contributed by atoms with Gasteiger partial charge in [-0.3, -0.25) is 9.78 Å². The Bertz CT molecular complexity index is 599. The largest absolute Gasteiger partial charge is 0.398 e. The number of nitrogen functional groups attached to an aromatic ring is 1. The van der Waals surface area contributed by atoms with Crippen LogP contribution in [0.2, 0.25) is 0 Å². The van der Waals surface area contributed by atoms with Gasteiger partial charge in [0.2, 0.25) is 0 Å². The topological polar surface area (TPSA) is 68.0 Å². The van der Waals surface area contributed by atoms with Gasteiger partial charge in [0.1, 0.15) is 0 Å². The Balaban J connectivity index is 2.18. The molecule has 0 fully saturated rings. The summed E-state index contributed by atoms with van der Waals surface area (Å²) in [5.74, 6) is -0.192. The molecule has 92 valence electrons. The van der Waals surface area contributed by atoms with E-state index in [0.717, 1.165) is 10.0 Å². The number of pyridine rings is 1. The molecule has 0 saturated heterocycles. The first kappa shape index (κ1) is 12.6. The molecule has 18 heavy (non-hydrogen) atoms. The minimum absolute atomic E-state index is 0.192. The first-order valence-electron chi connectivity index (χ1n) is 5.34. The number of carbonyl (C=O) groups is 1. The molecular weight excluding hydrogens is 294 g/mol. The molecule has 0 radical (unpaired) electrons. The molecule has 0 saturated carbocycles. The van der Waals surface area contributed by atoms with Gasteiger partial charge in [0.15, 0.2) is 0 Å². The van der Waals surface area contributed by atoms with Gasteiger partial charge in [-0.2, -0.15) is 0 Å². The predicted molar refractivity (Wildman–Crippen MR) is 75.5 cm³/mol. The average Bonchev–Trinajstić information content (AvgIpc) is 2.34. The van der Waals surface area contributed by atoms with Gasteiger partial charge >= 0.3 is 0 Å². The molecule has 0 atom stereocenters. The van der Waals surface area contributed by atoms with E-state index >= 15 is 0 Å². The molecule has 1 aromatic carbocycles. The second kappa shape index (κ2) is 5.18. The number of aryl methyl sites for hydroxylation is 1. The summed E-state index contributed by atoms with van der Waals surface area (Å²) in [5.41, 5.74) is 8.47. The summed E-state index contributed by atoms with van der Waals surface area (Å²) < 4.78 is 0.752. The van der Waals surface area contributed by atoms with Crippen LogP contribution in [0.1, 0.15) is 15.9 Å². The van der Waals surface area contributed by atoms with Crippen LogP contribution in [-0.4, -0.2) is 10.9 Å². The number of anilines is 2. The first-order chi connectivity index (χ1) is 8.56. The van der Waals surface area contributed by atoms with Crippen LogP contribution in [-0.2, 0) is 0 Å². The van der Waals surface area contributed by atoms with Crippen molar-refractivity contribution in [3.8, 4) is 0 Å². The maximum Gasteiger partial charge on any atom is 0.257 e. The zero-order valence-electron chi connectivity index (χ0n) is 9.77. The normalized spacial score (nSPS) is 10.1. The lowest BCUT2D eigenvalue weighted by atomic mass is 10.2. The predicted octanol–water partition coefficient (Wildman–Crippen LogP) is 2.99. The zero-order chi connectivity index (χ0) is 13.1. The van der Waals surface area contributed by atoms with Gasteiger partial charge in [-0.05, 0) is 52.7 Å². The van der Waals surface area contributed by atoms with E-state index in [1.165, 1.54) is 6.20 Å². The van der Waals surface area contributed by atoms with Crippen molar-refractivity contribution >= 4 is 33.2 Å². The molecule has 4 nitrogen and oxygen atoms in total. The van der Waals surface area contributed by atoms with Crippen LogP contribution in [0, 0.1) is 6.92 Å². The summed E-state index contributed by atoms with van der Waals surface area (Å²) in [6.07, 6.45) is 3.24. The number of nitrogens with two attached hydrogens (primary N) is 1. The van der Waals surface area contributed by atoms with Crippen molar-refractivity contribution in [3.05, 3.63) is 52.3 Å². The second-order valence-electron chi connectivity index (χ2n) is 3.94. The van der Waals surface area contributed by atoms with Gasteiger partial charge in [0.05, 0.1) is 5.56 Å². The Kier molecular flexibility index (Phi) is 3.62. The van der Waals surface area contributed by atoms with Crippen molar-refractivity contribution in [1.29, 1.82) is 0 Å². The molecular formula is C13H12BrN3O. The van der Waals surface area contributed by atoms with Crippen LogP contribution in [0.4, 0.5) is 11.4 Å². The smallest absolute Gasteiger partial charge is 0.257 e. The van der Waals surface area contributed by atoms with Crippen LogP contribution in [0.25, 0.3) is 0 Å². The van der Waals surface area contributed by atoms with E-state index in [4.69, 9.17) is 5.73 Å². The standard InChI is InChI=1S/C13H12BrN3O/c1-8-4-9(7-16-6-8)13(18)17-10-2-3-12(15)11(14)5-10/h2-7H,15H2,1H3,(H,17,18). The highest BCUT2D eigenvalue weighted by Crippen LogP contribution is 2.23. The highest BCUT2D eigenvalue weighted by molar-refractivity contribution is 9.10. The third-order valence-electron chi connectivity index (χ3n) is 2.40. The van der Waals surface area contributed by atoms with Gasteiger partial charge in [0, 0.05) is 28.2 Å². The molecule has 2 aromatic rings. The number of aromatic nitrogens is 1. The van der Waals surface area contributed by atoms with Gasteiger partial charge in [-0.1, -0.05) is 0 Å². The Morgan fingerprint density at radius 1 is 1.33 bits per heavy atom. The third-order valence-corrected chi connectivity index (χ3v) is 3.08. The van der Waals surface area contributed by atoms with Crippen molar-refractivity contribution in [1.82, 2.24) is 4.98 Å². The van der Waals surface area contributed by atoms with Gasteiger partial charge in [-0.15, -0.1) is 0 Å². The molecule has 3 N–H and O–H groups in total. The first-order valence-corrected chi connectivity index (χ1v) is 6.13. The Morgan fingerprint density at radius 2 is 2.11 bits per heavy atom. The van der Waals surface area contributed by atoms with E-state index in [1.54, 1.807) is 30.5 Å². The zero-order valence-corrected chi connectivity index (χ0v) is 11.4. The minimum atomic E-state index is -0.192. The molecule has 1 aromatic heterocycles. The summed E-state index contributed by atoms with van der Waals surface area (Å²) in [6.45, 7) is 1.89. The molecule has 0 unspecified atom stereocenters. The summed E-state index contributed by atoms with van der Waals surface area (Å²) in [4.78, 5) is 16.0. The number of amides is 1. The number of nitrogens with one attached hydrogen (secondary N) is 1. The molecule has 2 rings (SSSR count). The summed E-state index contributed by atoms with van der Waals surface area (Å²) in [7, 11) is 0. The lowest BCUT2D eigenvalue weighted by Crippen LogP contribution is -2.12. The molecule has 1 amide bonds. The molecule has 0 bridgehead atoms. The molecule has 5 heteroatoms. The van der Waals surface area contributed by atoms with Crippen molar-refractivity contribution in [2.24, 2.45) is 0 Å². The molecule has 1 heterocycles. The number of nitrogens with zero attached hydrogens (tertiary/aromatic N) is 1. The van der Waals surface area contributed by atoms with E-state index in [9.17, 15) is 4.79 Å². The fraction of sp³-hybridized carbons (Fsp3) is 0.0769. The number of hydrogen-bond acceptors (Lipinski definition) is 3. The number of halogens is 1. The van der Waals surface area contributed by atoms with Crippen LogP contribution in [0.3, 0.4) is 0 Å². The summed E-state index contributed by atoms with van der Waals surface area (Å²) >= 11 is 3.32. The number of rotatable bonds is 2. The van der Waals surface area contributed by atoms with E-state index in [-0.39, 0.29) is 5.91 Å². The van der Waals surface area contributed by atoms with E-state index < -0.39 is 0 Å². The number of hydrogen-bond donors (Lipinski definition) is 2. The number of carbonyl (C=O) groups excluding carboxylic acids is 1. The van der Waals surface area contributed by atoms with Crippen LogP contribution >= 0.6 is 15.9 Å². The fourth-order valence-corrected chi connectivity index (χ4v) is 1.87. The van der Waals surface area contributed by atoms with Gasteiger partial charge < -0.3 is 11.1 Å². The Labute approximate surface area is 113 Å². The van der Waals surface area contributed by atoms with Gasteiger partial charge in [-0.25, -0.2) is 0 Å². The summed E-state index contributed by atoms with van der Waals surface area (Å²) in [5, 5.41) is 2.79. The SMILES string of the molecule is Cc1cncc(C(=O)Nc2ccc(N)c(Br)c2)c1. The fourth-order valence-electron chi connectivity index (χ4n) is 1.49. The Morgan fingerprint density at radius 3 is 2.78 bits per heavy atom. The van der Waals surface area contributed by atoms with E-state index in [0.29, 0.717) is 16.9 Å². The van der Waals surface area contributed by atoms with Crippen LogP contribution in [0.15, 0.2) is 41.1 Å². The summed E-state index contributed by atoms with van der Waals surface area (Å²) in [6, 6.07) is 7.03. The lowest BCUT2D eigenvalue weighted by molar-refractivity contribution is 0.102. The molecule has 0 aliphatic carbocycles. The third kappa shape index (κ3) is 2.87. The average molecular weight is 306 g/mol. The van der Waals surface area contributed by atoms with Crippen LogP contribution in [0.5, 0.6) is 0 Å². The van der Waals surface area contributed by atoms with Gasteiger partial charge in [0.25, 0.3) is 5.91 Å². The second-order valence-corrected chi connectivity index (χ2v) is 4.80. The van der Waals surface area contributed by atoms with Crippen LogP contribution < -0.4 is 11.1 Å². The van der Waals surface area contributed by atoms with E-state index in [1.807, 2.05) is 6.92 Å². The van der Waals surface area contributed by atoms with Crippen molar-refractivity contribution in [2.45, 2.75) is 6.92 Å². The molecule has 0 aliphatic rings. The maximum atomic E-state index is 12.0. The Hall–Kier alpha value is -1.88. The highest BCUT2D eigenvalue weighted by atomic mass is 79.9. The quantitative estimate of drug-likeness (QED) is 0.838. The number of benzene rings is 1. The van der Waals surface area contributed by atoms with Crippen molar-refractivity contribution in [3.63, 3.8) is 0 Å². The van der Waals surface area contributed by atoms with Crippen molar-refractivity contribution < 1.29 is 4.79 Å². The molecule has 0 aliphatic heterocycles. The molecule has 0 spiro atoms. The monoisotopic (exact) mass is 305 g/mol. The minimum Gasteiger partial charge on any atom is -0.398 e. The van der Waals surface area contributed by atoms with Crippen molar-refractivity contribution in [2.75, 3.05) is 11.1 Å². The highest BCUT2D eigenvalue weighted by Gasteiger charge is 2.07. The lowest BCUT2D eigenvalue weighted by Gasteiger charge is -2.07.